The van der Waals surface area contributed by atoms with Crippen molar-refractivity contribution in [2.24, 2.45) is 5.73 Å². The van der Waals surface area contributed by atoms with Crippen molar-refractivity contribution in [2.45, 2.75) is 63.5 Å². The molecule has 1 amide bonds. The molecule has 0 aromatic carbocycles. The Bertz CT molecular complexity index is 437. The highest BCUT2D eigenvalue weighted by atomic mass is 32.1. The molecular formula is C15H22N2OS. The van der Waals surface area contributed by atoms with Crippen LogP contribution in [0.3, 0.4) is 0 Å². The number of hydrogen-bond donors (Lipinski definition) is 2. The van der Waals surface area contributed by atoms with Crippen LogP contribution in [0.1, 0.15) is 58.6 Å². The molecule has 4 heteroatoms. The van der Waals surface area contributed by atoms with Crippen LogP contribution in [0.4, 0.5) is 0 Å². The van der Waals surface area contributed by atoms with E-state index in [-0.39, 0.29) is 5.91 Å². The number of carbonyl (C=O) groups excluding carboxylic acids is 1. The lowest BCUT2D eigenvalue weighted by Gasteiger charge is -2.26. The van der Waals surface area contributed by atoms with Gasteiger partial charge in [0.15, 0.2) is 0 Å². The molecule has 0 saturated heterocycles. The van der Waals surface area contributed by atoms with E-state index in [1.54, 1.807) is 11.3 Å². The van der Waals surface area contributed by atoms with Crippen LogP contribution >= 0.6 is 11.3 Å². The summed E-state index contributed by atoms with van der Waals surface area (Å²) in [5.41, 5.74) is 7.30. The van der Waals surface area contributed by atoms with Gasteiger partial charge < -0.3 is 11.1 Å². The van der Waals surface area contributed by atoms with Gasteiger partial charge in [-0.3, -0.25) is 4.79 Å². The van der Waals surface area contributed by atoms with Crippen LogP contribution in [-0.4, -0.2) is 18.0 Å². The molecule has 2 aliphatic carbocycles. The summed E-state index contributed by atoms with van der Waals surface area (Å²) in [6.45, 7) is 0. The third-order valence-electron chi connectivity index (χ3n) is 4.33. The first kappa shape index (κ1) is 13.1. The summed E-state index contributed by atoms with van der Waals surface area (Å²) in [5, 5.41) is 3.18. The molecule has 1 aromatic heterocycles. The molecule has 19 heavy (non-hydrogen) atoms. The summed E-state index contributed by atoms with van der Waals surface area (Å²) >= 11 is 1.70. The van der Waals surface area contributed by atoms with Gasteiger partial charge in [-0.05, 0) is 63.0 Å². The number of nitrogens with two attached hydrogens (primary N) is 1. The zero-order valence-corrected chi connectivity index (χ0v) is 12.1. The third kappa shape index (κ3) is 3.00. The molecule has 3 nitrogen and oxygen atoms in total. The largest absolute Gasteiger partial charge is 0.349 e. The number of thiophene rings is 1. The molecule has 2 aliphatic rings. The lowest BCUT2D eigenvalue weighted by molar-refractivity contribution is 0.0930. The normalized spacial score (nSPS) is 26.8. The van der Waals surface area contributed by atoms with E-state index < -0.39 is 0 Å². The van der Waals surface area contributed by atoms with Crippen molar-refractivity contribution in [3.05, 3.63) is 21.4 Å². The van der Waals surface area contributed by atoms with Crippen molar-refractivity contribution < 1.29 is 4.79 Å². The summed E-state index contributed by atoms with van der Waals surface area (Å²) in [6, 6.07) is 2.77. The predicted octanol–water partition coefficient (Wildman–Crippen LogP) is 2.63. The van der Waals surface area contributed by atoms with E-state index in [9.17, 15) is 4.79 Å². The van der Waals surface area contributed by atoms with E-state index in [1.165, 1.54) is 23.3 Å². The van der Waals surface area contributed by atoms with E-state index in [0.29, 0.717) is 12.1 Å². The Morgan fingerprint density at radius 1 is 1.21 bits per heavy atom. The van der Waals surface area contributed by atoms with E-state index in [0.717, 1.165) is 43.4 Å². The molecule has 3 N–H and O–H groups in total. The maximum Gasteiger partial charge on any atom is 0.261 e. The van der Waals surface area contributed by atoms with Crippen molar-refractivity contribution in [3.8, 4) is 0 Å². The van der Waals surface area contributed by atoms with Gasteiger partial charge in [0.2, 0.25) is 0 Å². The highest BCUT2D eigenvalue weighted by Crippen LogP contribution is 2.30. The molecule has 0 unspecified atom stereocenters. The fourth-order valence-corrected chi connectivity index (χ4v) is 4.28. The molecule has 1 fully saturated rings. The van der Waals surface area contributed by atoms with Crippen LogP contribution in [0, 0.1) is 0 Å². The molecule has 0 atom stereocenters. The molecule has 1 saturated carbocycles. The van der Waals surface area contributed by atoms with Crippen LogP contribution in [0.25, 0.3) is 0 Å². The molecule has 1 aromatic rings. The molecule has 0 spiro atoms. The zero-order valence-electron chi connectivity index (χ0n) is 11.3. The molecule has 0 radical (unpaired) electrons. The second kappa shape index (κ2) is 5.63. The van der Waals surface area contributed by atoms with E-state index in [4.69, 9.17) is 5.73 Å². The van der Waals surface area contributed by atoms with E-state index in [1.807, 2.05) is 0 Å². The molecular weight excluding hydrogens is 256 g/mol. The minimum Gasteiger partial charge on any atom is -0.349 e. The van der Waals surface area contributed by atoms with Crippen molar-refractivity contribution in [1.82, 2.24) is 5.32 Å². The number of rotatable bonds is 2. The van der Waals surface area contributed by atoms with Crippen LogP contribution in [0.15, 0.2) is 6.07 Å². The Morgan fingerprint density at radius 2 is 1.95 bits per heavy atom. The first-order chi connectivity index (χ1) is 9.22. The molecule has 1 heterocycles. The second-order valence-corrected chi connectivity index (χ2v) is 6.99. The lowest BCUT2D eigenvalue weighted by atomic mass is 9.92. The minimum atomic E-state index is 0.125. The van der Waals surface area contributed by atoms with Gasteiger partial charge in [0.25, 0.3) is 5.91 Å². The average Bonchev–Trinajstić information content (AvgIpc) is 2.85. The quantitative estimate of drug-likeness (QED) is 0.873. The maximum absolute atomic E-state index is 12.3. The smallest absolute Gasteiger partial charge is 0.261 e. The van der Waals surface area contributed by atoms with Crippen molar-refractivity contribution >= 4 is 17.2 Å². The number of nitrogens with one attached hydrogen (secondary N) is 1. The van der Waals surface area contributed by atoms with E-state index in [2.05, 4.69) is 11.4 Å². The van der Waals surface area contributed by atoms with Crippen LogP contribution in [0.5, 0.6) is 0 Å². The fourth-order valence-electron chi connectivity index (χ4n) is 3.12. The Kier molecular flexibility index (Phi) is 3.89. The molecule has 3 rings (SSSR count). The SMILES string of the molecule is NC1CCC(NC(=O)c2cc3c(s2)CCCC3)CC1. The van der Waals surface area contributed by atoms with Gasteiger partial charge in [0, 0.05) is 17.0 Å². The Hall–Kier alpha value is -0.870. The van der Waals surface area contributed by atoms with Crippen molar-refractivity contribution in [3.63, 3.8) is 0 Å². The van der Waals surface area contributed by atoms with Crippen LogP contribution in [0.2, 0.25) is 0 Å². The zero-order chi connectivity index (χ0) is 13.2. The van der Waals surface area contributed by atoms with Gasteiger partial charge in [-0.15, -0.1) is 11.3 Å². The number of amides is 1. The van der Waals surface area contributed by atoms with Gasteiger partial charge >= 0.3 is 0 Å². The van der Waals surface area contributed by atoms with Gasteiger partial charge in [-0.25, -0.2) is 0 Å². The van der Waals surface area contributed by atoms with E-state index >= 15 is 0 Å². The monoisotopic (exact) mass is 278 g/mol. The fraction of sp³-hybridized carbons (Fsp3) is 0.667. The van der Waals surface area contributed by atoms with Crippen molar-refractivity contribution in [2.75, 3.05) is 0 Å². The summed E-state index contributed by atoms with van der Waals surface area (Å²) < 4.78 is 0. The van der Waals surface area contributed by atoms with Crippen molar-refractivity contribution in [1.29, 1.82) is 0 Å². The second-order valence-electron chi connectivity index (χ2n) is 5.85. The highest BCUT2D eigenvalue weighted by Gasteiger charge is 2.22. The minimum absolute atomic E-state index is 0.125. The number of hydrogen-bond acceptors (Lipinski definition) is 3. The highest BCUT2D eigenvalue weighted by molar-refractivity contribution is 7.14. The number of carbonyl (C=O) groups is 1. The third-order valence-corrected chi connectivity index (χ3v) is 5.56. The summed E-state index contributed by atoms with van der Waals surface area (Å²) in [5.74, 6) is 0.125. The topological polar surface area (TPSA) is 55.1 Å². The molecule has 104 valence electrons. The Balaban J connectivity index is 1.62. The summed E-state index contributed by atoms with van der Waals surface area (Å²) in [4.78, 5) is 14.6. The molecule has 0 bridgehead atoms. The average molecular weight is 278 g/mol. The first-order valence-electron chi connectivity index (χ1n) is 7.40. The lowest BCUT2D eigenvalue weighted by Crippen LogP contribution is -2.40. The maximum atomic E-state index is 12.3. The van der Waals surface area contributed by atoms with Gasteiger partial charge in [0.1, 0.15) is 0 Å². The molecule has 0 aliphatic heterocycles. The van der Waals surface area contributed by atoms with Gasteiger partial charge in [-0.1, -0.05) is 0 Å². The van der Waals surface area contributed by atoms with Gasteiger partial charge in [-0.2, -0.15) is 0 Å². The van der Waals surface area contributed by atoms with Crippen LogP contribution in [-0.2, 0) is 12.8 Å². The number of fused-ring (bicyclic) bond motifs is 1. The number of aryl methyl sites for hydroxylation is 2. The summed E-state index contributed by atoms with van der Waals surface area (Å²) in [6.07, 6.45) is 8.97. The van der Waals surface area contributed by atoms with Crippen LogP contribution < -0.4 is 11.1 Å². The van der Waals surface area contributed by atoms with Gasteiger partial charge in [0.05, 0.1) is 4.88 Å². The first-order valence-corrected chi connectivity index (χ1v) is 8.22. The predicted molar refractivity (Wildman–Crippen MR) is 78.7 cm³/mol. The Labute approximate surface area is 118 Å². The Morgan fingerprint density at radius 3 is 2.68 bits per heavy atom. The standard InChI is InChI=1S/C15H22N2OS/c16-11-5-7-12(8-6-11)17-15(18)14-9-10-3-1-2-4-13(10)19-14/h9,11-12H,1-8,16H2,(H,17,18). The summed E-state index contributed by atoms with van der Waals surface area (Å²) in [7, 11) is 0.